The highest BCUT2D eigenvalue weighted by Crippen LogP contribution is 2.47. The number of ether oxygens (including phenoxy) is 1. The normalized spacial score (nSPS) is 16.4. The summed E-state index contributed by atoms with van der Waals surface area (Å²) in [5.74, 6) is 0.848. The minimum Gasteiger partial charge on any atom is -0.497 e. The van der Waals surface area contributed by atoms with Crippen LogP contribution in [0.15, 0.2) is 82.7 Å². The van der Waals surface area contributed by atoms with Gasteiger partial charge in [0.05, 0.1) is 12.8 Å². The van der Waals surface area contributed by atoms with E-state index < -0.39 is 0 Å². The van der Waals surface area contributed by atoms with Crippen molar-refractivity contribution in [1.82, 2.24) is 0 Å². The number of para-hydroxylation sites is 1. The van der Waals surface area contributed by atoms with Gasteiger partial charge in [0, 0.05) is 27.3 Å². The molecule has 0 aliphatic carbocycles. The second kappa shape index (κ2) is 7.56. The van der Waals surface area contributed by atoms with Crippen molar-refractivity contribution >= 4 is 34.8 Å². The van der Waals surface area contributed by atoms with E-state index in [9.17, 15) is 0 Å². The van der Waals surface area contributed by atoms with Crippen LogP contribution < -0.4 is 4.74 Å². The van der Waals surface area contributed by atoms with Crippen molar-refractivity contribution in [2.45, 2.75) is 16.6 Å². The molecule has 3 aromatic rings. The van der Waals surface area contributed by atoms with Crippen LogP contribution in [0, 0.1) is 0 Å². The topological polar surface area (TPSA) is 21.6 Å². The summed E-state index contributed by atoms with van der Waals surface area (Å²) in [6.07, 6.45) is 0.815. The maximum Gasteiger partial charge on any atom is 0.118 e. The van der Waals surface area contributed by atoms with E-state index in [4.69, 9.17) is 21.3 Å². The third-order valence-corrected chi connectivity index (χ3v) is 6.09. The predicted molar refractivity (Wildman–Crippen MR) is 110 cm³/mol. The lowest BCUT2D eigenvalue weighted by Gasteiger charge is -2.17. The number of rotatable bonds is 3. The third-order valence-electron chi connectivity index (χ3n) is 4.44. The van der Waals surface area contributed by atoms with Crippen molar-refractivity contribution in [3.05, 3.63) is 88.9 Å². The molecule has 3 aromatic carbocycles. The van der Waals surface area contributed by atoms with Crippen molar-refractivity contribution < 1.29 is 4.74 Å². The van der Waals surface area contributed by atoms with Crippen molar-refractivity contribution in [3.63, 3.8) is 0 Å². The summed E-state index contributed by atoms with van der Waals surface area (Å²) in [7, 11) is 1.68. The molecule has 0 N–H and O–H groups in total. The Hall–Kier alpha value is -2.23. The van der Waals surface area contributed by atoms with E-state index in [1.807, 2.05) is 48.2 Å². The molecule has 0 radical (unpaired) electrons. The van der Waals surface area contributed by atoms with Gasteiger partial charge in [-0.3, -0.25) is 4.99 Å². The molecule has 0 amide bonds. The first-order chi connectivity index (χ1) is 12.7. The van der Waals surface area contributed by atoms with Gasteiger partial charge in [-0.2, -0.15) is 0 Å². The number of halogens is 1. The number of benzene rings is 3. The monoisotopic (exact) mass is 379 g/mol. The fraction of sp³-hybridized carbons (Fsp3) is 0.136. The average molecular weight is 380 g/mol. The molecule has 0 fully saturated rings. The van der Waals surface area contributed by atoms with Crippen LogP contribution in [0.25, 0.3) is 0 Å². The van der Waals surface area contributed by atoms with Crippen LogP contribution in [0.1, 0.15) is 22.8 Å². The number of nitrogens with zero attached hydrogens (tertiary/aromatic N) is 1. The van der Waals surface area contributed by atoms with Crippen LogP contribution in [0.3, 0.4) is 0 Å². The van der Waals surface area contributed by atoms with E-state index in [1.165, 1.54) is 4.90 Å². The van der Waals surface area contributed by atoms with Gasteiger partial charge in [0.1, 0.15) is 5.75 Å². The molecule has 1 heterocycles. The van der Waals surface area contributed by atoms with E-state index in [0.29, 0.717) is 0 Å². The van der Waals surface area contributed by atoms with Crippen molar-refractivity contribution in [2.24, 2.45) is 4.99 Å². The van der Waals surface area contributed by atoms with Gasteiger partial charge in [0.2, 0.25) is 0 Å². The molecule has 0 saturated carbocycles. The minimum absolute atomic E-state index is 0.216. The number of fused-ring (bicyclic) bond motifs is 1. The molecular weight excluding hydrogens is 362 g/mol. The van der Waals surface area contributed by atoms with Crippen molar-refractivity contribution in [3.8, 4) is 5.75 Å². The summed E-state index contributed by atoms with van der Waals surface area (Å²) >= 11 is 8.33. The first-order valence-electron chi connectivity index (χ1n) is 8.46. The quantitative estimate of drug-likeness (QED) is 0.504. The van der Waals surface area contributed by atoms with Gasteiger partial charge in [0.25, 0.3) is 0 Å². The molecule has 1 aliphatic heterocycles. The maximum atomic E-state index is 6.50. The molecule has 4 heteroatoms. The predicted octanol–water partition coefficient (Wildman–Crippen LogP) is 6.71. The van der Waals surface area contributed by atoms with Gasteiger partial charge in [-0.25, -0.2) is 0 Å². The Bertz CT molecular complexity index is 952. The highest BCUT2D eigenvalue weighted by molar-refractivity contribution is 7.99. The van der Waals surface area contributed by atoms with Crippen LogP contribution >= 0.6 is 23.4 Å². The molecule has 26 heavy (non-hydrogen) atoms. The molecule has 0 spiro atoms. The molecule has 1 unspecified atom stereocenters. The summed E-state index contributed by atoms with van der Waals surface area (Å²) < 4.78 is 5.28. The van der Waals surface area contributed by atoms with E-state index in [2.05, 4.69) is 36.4 Å². The van der Waals surface area contributed by atoms with Crippen LogP contribution in [0.2, 0.25) is 5.02 Å². The first kappa shape index (κ1) is 17.2. The SMILES string of the molecule is COc1ccc(C2=Nc3ccccc3SC(c3ccccc3Cl)C2)cc1. The fourth-order valence-corrected chi connectivity index (χ4v) is 4.69. The van der Waals surface area contributed by atoms with Gasteiger partial charge >= 0.3 is 0 Å². The van der Waals surface area contributed by atoms with E-state index in [-0.39, 0.29) is 5.25 Å². The Morgan fingerprint density at radius 3 is 2.46 bits per heavy atom. The summed E-state index contributed by atoms with van der Waals surface area (Å²) in [5, 5.41) is 1.02. The van der Waals surface area contributed by atoms with Gasteiger partial charge in [0.15, 0.2) is 0 Å². The molecule has 1 aliphatic rings. The summed E-state index contributed by atoms with van der Waals surface area (Å²) in [5.41, 5.74) is 4.34. The Morgan fingerprint density at radius 1 is 0.962 bits per heavy atom. The number of hydrogen-bond acceptors (Lipinski definition) is 3. The number of aliphatic imine (C=N–C) groups is 1. The van der Waals surface area contributed by atoms with E-state index >= 15 is 0 Å². The zero-order valence-electron chi connectivity index (χ0n) is 14.4. The highest BCUT2D eigenvalue weighted by Gasteiger charge is 2.23. The lowest BCUT2D eigenvalue weighted by Crippen LogP contribution is -2.06. The minimum atomic E-state index is 0.216. The van der Waals surface area contributed by atoms with Gasteiger partial charge in [-0.15, -0.1) is 11.8 Å². The first-order valence-corrected chi connectivity index (χ1v) is 9.72. The molecule has 0 bridgehead atoms. The molecule has 0 aromatic heterocycles. The van der Waals surface area contributed by atoms with Crippen LogP contribution in [-0.4, -0.2) is 12.8 Å². The smallest absolute Gasteiger partial charge is 0.118 e. The van der Waals surface area contributed by atoms with Crippen LogP contribution in [0.4, 0.5) is 5.69 Å². The highest BCUT2D eigenvalue weighted by atomic mass is 35.5. The maximum absolute atomic E-state index is 6.50. The lowest BCUT2D eigenvalue weighted by atomic mass is 10.0. The molecular formula is C22H18ClNOS. The summed E-state index contributed by atoms with van der Waals surface area (Å²) in [6.45, 7) is 0. The molecule has 130 valence electrons. The Labute approximate surface area is 162 Å². The third kappa shape index (κ3) is 3.50. The number of hydrogen-bond donors (Lipinski definition) is 0. The second-order valence-electron chi connectivity index (χ2n) is 6.09. The Morgan fingerprint density at radius 2 is 1.69 bits per heavy atom. The second-order valence-corrected chi connectivity index (χ2v) is 7.74. The number of thioether (sulfide) groups is 1. The zero-order chi connectivity index (χ0) is 17.9. The Balaban J connectivity index is 1.79. The lowest BCUT2D eigenvalue weighted by molar-refractivity contribution is 0.415. The molecule has 0 saturated heterocycles. The van der Waals surface area contributed by atoms with Crippen LogP contribution in [-0.2, 0) is 0 Å². The van der Waals surface area contributed by atoms with Gasteiger partial charge in [-0.05, 0) is 53.6 Å². The standard InChI is InChI=1S/C22H18ClNOS/c1-25-16-12-10-15(11-13-16)20-14-22(17-6-2-3-7-18(17)23)26-21-9-5-4-8-19(21)24-20/h2-13,22H,14H2,1H3. The fourth-order valence-electron chi connectivity index (χ4n) is 3.09. The summed E-state index contributed by atoms with van der Waals surface area (Å²) in [4.78, 5) is 6.16. The zero-order valence-corrected chi connectivity index (χ0v) is 15.9. The van der Waals surface area contributed by atoms with Crippen molar-refractivity contribution in [2.75, 3.05) is 7.11 Å². The molecule has 2 nitrogen and oxygen atoms in total. The van der Waals surface area contributed by atoms with Gasteiger partial charge < -0.3 is 4.74 Å². The average Bonchev–Trinajstić information content (AvgIpc) is 2.88. The van der Waals surface area contributed by atoms with Gasteiger partial charge in [-0.1, -0.05) is 41.9 Å². The number of methoxy groups -OCH3 is 1. The van der Waals surface area contributed by atoms with E-state index in [0.717, 1.165) is 39.7 Å². The Kier molecular flexibility index (Phi) is 5.00. The van der Waals surface area contributed by atoms with Crippen LogP contribution in [0.5, 0.6) is 5.75 Å². The molecule has 1 atom stereocenters. The molecule has 4 rings (SSSR count). The largest absolute Gasteiger partial charge is 0.497 e. The van der Waals surface area contributed by atoms with E-state index in [1.54, 1.807) is 7.11 Å². The van der Waals surface area contributed by atoms with Crippen molar-refractivity contribution in [1.29, 1.82) is 0 Å². The summed E-state index contributed by atoms with van der Waals surface area (Å²) in [6, 6.07) is 24.5.